The van der Waals surface area contributed by atoms with Crippen LogP contribution in [0.5, 0.6) is 0 Å². The van der Waals surface area contributed by atoms with Crippen LogP contribution in [0.4, 0.5) is 0 Å². The number of ether oxygens (including phenoxy) is 1. The van der Waals surface area contributed by atoms with Crippen LogP contribution >= 0.6 is 0 Å². The van der Waals surface area contributed by atoms with Gasteiger partial charge >= 0.3 is 0 Å². The second-order valence-electron chi connectivity index (χ2n) is 3.70. The molecule has 1 aliphatic rings. The molecule has 0 aliphatic carbocycles. The van der Waals surface area contributed by atoms with Gasteiger partial charge in [0.15, 0.2) is 6.29 Å². The van der Waals surface area contributed by atoms with E-state index >= 15 is 0 Å². The van der Waals surface area contributed by atoms with Crippen LogP contribution in [0.2, 0.25) is 0 Å². The average molecular weight is 144 g/mol. The highest BCUT2D eigenvalue weighted by Crippen LogP contribution is 2.38. The van der Waals surface area contributed by atoms with Gasteiger partial charge in [-0.3, -0.25) is 0 Å². The molecule has 2 atom stereocenters. The van der Waals surface area contributed by atoms with E-state index in [9.17, 15) is 5.11 Å². The fourth-order valence-corrected chi connectivity index (χ4v) is 1.66. The first-order valence-electron chi connectivity index (χ1n) is 3.87. The Morgan fingerprint density at radius 2 is 2.20 bits per heavy atom. The highest BCUT2D eigenvalue weighted by atomic mass is 16.6. The Hall–Kier alpha value is -0.0800. The van der Waals surface area contributed by atoms with Crippen molar-refractivity contribution in [2.24, 2.45) is 11.3 Å². The van der Waals surface area contributed by atoms with E-state index in [4.69, 9.17) is 4.74 Å². The minimum atomic E-state index is -0.528. The Labute approximate surface area is 62.2 Å². The quantitative estimate of drug-likeness (QED) is 0.602. The van der Waals surface area contributed by atoms with Crippen LogP contribution in [0.15, 0.2) is 0 Å². The predicted molar refractivity (Wildman–Crippen MR) is 39.5 cm³/mol. The summed E-state index contributed by atoms with van der Waals surface area (Å²) in [5.41, 5.74) is 0.161. The second kappa shape index (κ2) is 2.51. The van der Waals surface area contributed by atoms with Crippen molar-refractivity contribution in [3.63, 3.8) is 0 Å². The molecule has 2 nitrogen and oxygen atoms in total. The lowest BCUT2D eigenvalue weighted by molar-refractivity contribution is -0.0829. The molecule has 0 aromatic carbocycles. The van der Waals surface area contributed by atoms with E-state index in [2.05, 4.69) is 20.8 Å². The van der Waals surface area contributed by atoms with Gasteiger partial charge < -0.3 is 9.84 Å². The van der Waals surface area contributed by atoms with Gasteiger partial charge in [0, 0.05) is 5.92 Å². The number of aliphatic hydroxyl groups excluding tert-OH is 1. The highest BCUT2D eigenvalue weighted by molar-refractivity contribution is 4.84. The predicted octanol–water partition coefficient (Wildman–Crippen LogP) is 1.39. The maximum atomic E-state index is 9.30. The number of rotatable bonds is 1. The van der Waals surface area contributed by atoms with E-state index in [1.807, 2.05) is 0 Å². The summed E-state index contributed by atoms with van der Waals surface area (Å²) in [5.74, 6) is 0.312. The first-order valence-corrected chi connectivity index (χ1v) is 3.87. The van der Waals surface area contributed by atoms with E-state index in [1.165, 1.54) is 0 Å². The summed E-state index contributed by atoms with van der Waals surface area (Å²) in [4.78, 5) is 0. The smallest absolute Gasteiger partial charge is 0.157 e. The molecule has 0 aromatic heterocycles. The number of hydrogen-bond acceptors (Lipinski definition) is 2. The van der Waals surface area contributed by atoms with Crippen molar-refractivity contribution in [1.82, 2.24) is 0 Å². The molecule has 1 N–H and O–H groups in total. The molecular weight excluding hydrogens is 128 g/mol. The molecule has 10 heavy (non-hydrogen) atoms. The maximum absolute atomic E-state index is 9.30. The van der Waals surface area contributed by atoms with Gasteiger partial charge in [0.1, 0.15) is 0 Å². The van der Waals surface area contributed by atoms with Crippen molar-refractivity contribution in [3.8, 4) is 0 Å². The Kier molecular flexibility index (Phi) is 2.02. The lowest BCUT2D eigenvalue weighted by Gasteiger charge is -2.24. The van der Waals surface area contributed by atoms with Crippen LogP contribution in [0.25, 0.3) is 0 Å². The second-order valence-corrected chi connectivity index (χ2v) is 3.70. The van der Waals surface area contributed by atoms with Crippen LogP contribution in [0.1, 0.15) is 27.2 Å². The van der Waals surface area contributed by atoms with Crippen LogP contribution in [0.3, 0.4) is 0 Å². The Morgan fingerprint density at radius 3 is 2.40 bits per heavy atom. The molecule has 1 rings (SSSR count). The van der Waals surface area contributed by atoms with Crippen molar-refractivity contribution in [3.05, 3.63) is 0 Å². The molecule has 0 amide bonds. The van der Waals surface area contributed by atoms with Crippen LogP contribution in [-0.4, -0.2) is 18.0 Å². The van der Waals surface area contributed by atoms with Crippen LogP contribution in [-0.2, 0) is 4.74 Å². The molecule has 0 spiro atoms. The maximum Gasteiger partial charge on any atom is 0.157 e. The fraction of sp³-hybridized carbons (Fsp3) is 1.00. The molecule has 0 radical (unpaired) electrons. The molecule has 0 bridgehead atoms. The Bertz CT molecular complexity index is 120. The van der Waals surface area contributed by atoms with Gasteiger partial charge in [-0.25, -0.2) is 0 Å². The zero-order valence-electron chi connectivity index (χ0n) is 6.92. The van der Waals surface area contributed by atoms with Crippen molar-refractivity contribution < 1.29 is 9.84 Å². The molecule has 1 aliphatic heterocycles. The number of aliphatic hydroxyl groups is 1. The molecule has 1 saturated heterocycles. The third kappa shape index (κ3) is 1.18. The van der Waals surface area contributed by atoms with Crippen molar-refractivity contribution in [2.45, 2.75) is 33.5 Å². The lowest BCUT2D eigenvalue weighted by atomic mass is 9.80. The van der Waals surface area contributed by atoms with Crippen LogP contribution in [0, 0.1) is 11.3 Å². The van der Waals surface area contributed by atoms with Crippen LogP contribution < -0.4 is 0 Å². The van der Waals surface area contributed by atoms with Gasteiger partial charge in [-0.05, 0) is 11.8 Å². The van der Waals surface area contributed by atoms with Crippen molar-refractivity contribution in [2.75, 3.05) is 6.61 Å². The van der Waals surface area contributed by atoms with Gasteiger partial charge in [-0.2, -0.15) is 0 Å². The molecule has 0 aromatic rings. The van der Waals surface area contributed by atoms with E-state index in [1.54, 1.807) is 0 Å². The summed E-state index contributed by atoms with van der Waals surface area (Å²) < 4.78 is 5.13. The molecular formula is C8H16O2. The molecule has 1 unspecified atom stereocenters. The van der Waals surface area contributed by atoms with E-state index in [0.29, 0.717) is 12.5 Å². The van der Waals surface area contributed by atoms with E-state index in [0.717, 1.165) is 6.42 Å². The molecule has 1 fully saturated rings. The van der Waals surface area contributed by atoms with E-state index in [-0.39, 0.29) is 5.41 Å². The normalized spacial score (nSPS) is 38.4. The van der Waals surface area contributed by atoms with Gasteiger partial charge in [-0.15, -0.1) is 0 Å². The van der Waals surface area contributed by atoms with Gasteiger partial charge in [0.2, 0.25) is 0 Å². The third-order valence-electron chi connectivity index (χ3n) is 2.41. The molecule has 1 heterocycles. The van der Waals surface area contributed by atoms with Crippen molar-refractivity contribution in [1.29, 1.82) is 0 Å². The monoisotopic (exact) mass is 144 g/mol. The first kappa shape index (κ1) is 8.02. The number of hydrogen-bond donors (Lipinski definition) is 1. The highest BCUT2D eigenvalue weighted by Gasteiger charge is 2.40. The zero-order valence-corrected chi connectivity index (χ0v) is 6.92. The molecule has 0 saturated carbocycles. The summed E-state index contributed by atoms with van der Waals surface area (Å²) in [6.45, 7) is 7.05. The first-order chi connectivity index (χ1) is 4.58. The summed E-state index contributed by atoms with van der Waals surface area (Å²) >= 11 is 0. The SMILES string of the molecule is CCC1[C@H](O)OCC1(C)C. The van der Waals surface area contributed by atoms with Crippen molar-refractivity contribution >= 4 is 0 Å². The van der Waals surface area contributed by atoms with Gasteiger partial charge in [0.25, 0.3) is 0 Å². The molecule has 60 valence electrons. The summed E-state index contributed by atoms with van der Waals surface area (Å²) in [6, 6.07) is 0. The summed E-state index contributed by atoms with van der Waals surface area (Å²) in [7, 11) is 0. The molecule has 2 heteroatoms. The average Bonchev–Trinajstić information content (AvgIpc) is 2.07. The Balaban J connectivity index is 2.63. The lowest BCUT2D eigenvalue weighted by Crippen LogP contribution is -2.25. The summed E-state index contributed by atoms with van der Waals surface area (Å²) in [6.07, 6.45) is 0.466. The summed E-state index contributed by atoms with van der Waals surface area (Å²) in [5, 5.41) is 9.30. The minimum Gasteiger partial charge on any atom is -0.368 e. The topological polar surface area (TPSA) is 29.5 Å². The standard InChI is InChI=1S/C8H16O2/c1-4-6-7(9)10-5-8(6,2)3/h6-7,9H,4-5H2,1-3H3/t6?,7-/m1/s1. The zero-order chi connectivity index (χ0) is 7.78. The minimum absolute atomic E-state index is 0.161. The largest absolute Gasteiger partial charge is 0.368 e. The Morgan fingerprint density at radius 1 is 1.60 bits per heavy atom. The van der Waals surface area contributed by atoms with E-state index < -0.39 is 6.29 Å². The van der Waals surface area contributed by atoms with Gasteiger partial charge in [0.05, 0.1) is 6.61 Å². The van der Waals surface area contributed by atoms with Gasteiger partial charge in [-0.1, -0.05) is 20.8 Å². The fourth-order valence-electron chi connectivity index (χ4n) is 1.66. The third-order valence-corrected chi connectivity index (χ3v) is 2.41.